The smallest absolute Gasteiger partial charge is 0.423 e. The van der Waals surface area contributed by atoms with Crippen molar-refractivity contribution in [2.45, 2.75) is 65.0 Å². The molecule has 136 valence electrons. The molecule has 0 radical (unpaired) electrons. The first-order valence-electron chi connectivity index (χ1n) is 8.90. The second kappa shape index (κ2) is 6.98. The highest BCUT2D eigenvalue weighted by molar-refractivity contribution is 9.10. The van der Waals surface area contributed by atoms with E-state index in [4.69, 9.17) is 4.74 Å². The average molecular weight is 409 g/mol. The van der Waals surface area contributed by atoms with E-state index in [0.29, 0.717) is 18.0 Å². The van der Waals surface area contributed by atoms with Gasteiger partial charge in [-0.1, -0.05) is 35.2 Å². The molecule has 5 nitrogen and oxygen atoms in total. The lowest BCUT2D eigenvalue weighted by Crippen LogP contribution is -2.35. The Labute approximate surface area is 156 Å². The number of ether oxygens (including phenoxy) is 1. The average Bonchev–Trinajstić information content (AvgIpc) is 2.79. The monoisotopic (exact) mass is 408 g/mol. The van der Waals surface area contributed by atoms with Crippen molar-refractivity contribution in [2.24, 2.45) is 5.92 Å². The third-order valence-corrected chi connectivity index (χ3v) is 5.13. The van der Waals surface area contributed by atoms with E-state index in [1.165, 1.54) is 19.3 Å². The number of nitrogens with zero attached hydrogens (tertiary/aromatic N) is 2. The predicted octanol–water partition coefficient (Wildman–Crippen LogP) is 4.93. The third kappa shape index (κ3) is 4.00. The summed E-state index contributed by atoms with van der Waals surface area (Å²) in [6.07, 6.45) is 5.37. The van der Waals surface area contributed by atoms with Crippen molar-refractivity contribution in [3.63, 3.8) is 0 Å². The standard InChI is InChI=1S/C19H25BrN2O3/c1-19(2,3)25-18(24)22-15-10-9-14(20)11-16(15)21(17(22)23)12-13-7-5-4-6-8-13/h9-11,13H,4-8,12H2,1-3H3. The van der Waals surface area contributed by atoms with Gasteiger partial charge >= 0.3 is 11.8 Å². The van der Waals surface area contributed by atoms with Crippen LogP contribution in [0.15, 0.2) is 27.5 Å². The zero-order valence-electron chi connectivity index (χ0n) is 15.0. The number of carbonyl (C=O) groups is 1. The van der Waals surface area contributed by atoms with Crippen molar-refractivity contribution in [1.29, 1.82) is 0 Å². The van der Waals surface area contributed by atoms with Crippen LogP contribution in [0.2, 0.25) is 0 Å². The Bertz CT molecular complexity index is 839. The SMILES string of the molecule is CC(C)(C)OC(=O)n1c(=O)n(CC2CCCCC2)c2cc(Br)ccc21. The summed E-state index contributed by atoms with van der Waals surface area (Å²) < 4.78 is 9.23. The maximum Gasteiger partial charge on any atom is 0.423 e. The van der Waals surface area contributed by atoms with E-state index in [1.54, 1.807) is 31.4 Å². The molecule has 1 aromatic carbocycles. The zero-order chi connectivity index (χ0) is 18.2. The van der Waals surface area contributed by atoms with Gasteiger partial charge in [-0.05, 0) is 57.7 Å². The Hall–Kier alpha value is -1.56. The molecule has 0 bridgehead atoms. The molecular weight excluding hydrogens is 384 g/mol. The highest BCUT2D eigenvalue weighted by Gasteiger charge is 2.25. The number of benzene rings is 1. The topological polar surface area (TPSA) is 53.2 Å². The van der Waals surface area contributed by atoms with Crippen LogP contribution in [0.4, 0.5) is 4.79 Å². The molecule has 1 aromatic heterocycles. The number of imidazole rings is 1. The molecule has 25 heavy (non-hydrogen) atoms. The molecule has 6 heteroatoms. The fourth-order valence-corrected chi connectivity index (χ4v) is 3.87. The Morgan fingerprint density at radius 3 is 2.52 bits per heavy atom. The molecule has 2 aromatic rings. The molecule has 0 spiro atoms. The molecule has 1 heterocycles. The molecular formula is C19H25BrN2O3. The van der Waals surface area contributed by atoms with Crippen LogP contribution in [0.3, 0.4) is 0 Å². The van der Waals surface area contributed by atoms with Crippen molar-refractivity contribution in [3.8, 4) is 0 Å². The quantitative estimate of drug-likeness (QED) is 0.707. The normalized spacial score (nSPS) is 16.3. The minimum absolute atomic E-state index is 0.312. The number of aromatic nitrogens is 2. The Morgan fingerprint density at radius 1 is 1.20 bits per heavy atom. The van der Waals surface area contributed by atoms with E-state index < -0.39 is 11.7 Å². The van der Waals surface area contributed by atoms with Crippen LogP contribution in [0.1, 0.15) is 52.9 Å². The summed E-state index contributed by atoms with van der Waals surface area (Å²) in [6.45, 7) is 6.05. The van der Waals surface area contributed by atoms with Gasteiger partial charge in [-0.25, -0.2) is 9.59 Å². The maximum atomic E-state index is 13.0. The van der Waals surface area contributed by atoms with Crippen molar-refractivity contribution < 1.29 is 9.53 Å². The van der Waals surface area contributed by atoms with Gasteiger partial charge < -0.3 is 4.74 Å². The molecule has 0 atom stereocenters. The zero-order valence-corrected chi connectivity index (χ0v) is 16.6. The second-order valence-corrected chi connectivity index (χ2v) is 8.76. The van der Waals surface area contributed by atoms with Crippen LogP contribution >= 0.6 is 15.9 Å². The van der Waals surface area contributed by atoms with E-state index in [1.807, 2.05) is 12.1 Å². The van der Waals surface area contributed by atoms with Crippen molar-refractivity contribution in [1.82, 2.24) is 9.13 Å². The van der Waals surface area contributed by atoms with Gasteiger partial charge in [0.1, 0.15) is 5.60 Å². The molecule has 0 amide bonds. The van der Waals surface area contributed by atoms with Gasteiger partial charge in [-0.2, -0.15) is 4.57 Å². The van der Waals surface area contributed by atoms with Crippen molar-refractivity contribution in [2.75, 3.05) is 0 Å². The van der Waals surface area contributed by atoms with Gasteiger partial charge in [-0.15, -0.1) is 0 Å². The summed E-state index contributed by atoms with van der Waals surface area (Å²) in [7, 11) is 0. The third-order valence-electron chi connectivity index (χ3n) is 4.63. The van der Waals surface area contributed by atoms with Gasteiger partial charge in [0.2, 0.25) is 0 Å². The van der Waals surface area contributed by atoms with Crippen LogP contribution in [-0.2, 0) is 11.3 Å². The van der Waals surface area contributed by atoms with Gasteiger partial charge in [0.25, 0.3) is 0 Å². The number of hydrogen-bond donors (Lipinski definition) is 0. The molecule has 0 N–H and O–H groups in total. The second-order valence-electron chi connectivity index (χ2n) is 7.85. The fourth-order valence-electron chi connectivity index (χ4n) is 3.52. The summed E-state index contributed by atoms with van der Waals surface area (Å²) in [6, 6.07) is 5.54. The molecule has 1 saturated carbocycles. The highest BCUT2D eigenvalue weighted by atomic mass is 79.9. The minimum Gasteiger partial charge on any atom is -0.443 e. The Morgan fingerprint density at radius 2 is 1.88 bits per heavy atom. The molecule has 1 aliphatic rings. The lowest BCUT2D eigenvalue weighted by Gasteiger charge is -2.21. The predicted molar refractivity (Wildman–Crippen MR) is 102 cm³/mol. The number of rotatable bonds is 2. The van der Waals surface area contributed by atoms with Crippen LogP contribution in [0, 0.1) is 5.92 Å². The van der Waals surface area contributed by atoms with Gasteiger partial charge in [0.05, 0.1) is 11.0 Å². The summed E-state index contributed by atoms with van der Waals surface area (Å²) in [4.78, 5) is 25.6. The number of hydrogen-bond acceptors (Lipinski definition) is 3. The summed E-state index contributed by atoms with van der Waals surface area (Å²) in [5, 5.41) is 0. The Balaban J connectivity index is 2.07. The van der Waals surface area contributed by atoms with Crippen LogP contribution in [0.5, 0.6) is 0 Å². The van der Waals surface area contributed by atoms with E-state index in [2.05, 4.69) is 15.9 Å². The summed E-state index contributed by atoms with van der Waals surface area (Å²) in [5.41, 5.74) is 0.408. The number of carbonyl (C=O) groups excluding carboxylic acids is 1. The van der Waals surface area contributed by atoms with Gasteiger partial charge in [-0.3, -0.25) is 4.57 Å². The molecule has 0 saturated heterocycles. The molecule has 0 aliphatic heterocycles. The first-order valence-corrected chi connectivity index (χ1v) is 9.70. The van der Waals surface area contributed by atoms with E-state index in [-0.39, 0.29) is 5.69 Å². The Kier molecular flexibility index (Phi) is 5.09. The van der Waals surface area contributed by atoms with Gasteiger partial charge in [0.15, 0.2) is 0 Å². The van der Waals surface area contributed by atoms with Crippen LogP contribution in [-0.4, -0.2) is 20.8 Å². The molecule has 1 fully saturated rings. The largest absolute Gasteiger partial charge is 0.443 e. The van der Waals surface area contributed by atoms with E-state index >= 15 is 0 Å². The fraction of sp³-hybridized carbons (Fsp3) is 0.579. The number of halogens is 1. The lowest BCUT2D eigenvalue weighted by molar-refractivity contribution is 0.0536. The summed E-state index contributed by atoms with van der Waals surface area (Å²) >= 11 is 3.47. The first-order chi connectivity index (χ1) is 11.8. The molecule has 1 aliphatic carbocycles. The highest BCUT2D eigenvalue weighted by Crippen LogP contribution is 2.27. The van der Waals surface area contributed by atoms with Crippen molar-refractivity contribution in [3.05, 3.63) is 33.2 Å². The van der Waals surface area contributed by atoms with Crippen LogP contribution in [0.25, 0.3) is 11.0 Å². The summed E-state index contributed by atoms with van der Waals surface area (Å²) in [5.74, 6) is 0.489. The molecule has 3 rings (SSSR count). The molecule has 0 unspecified atom stereocenters. The first kappa shape index (κ1) is 18.2. The van der Waals surface area contributed by atoms with Crippen LogP contribution < -0.4 is 5.69 Å². The number of fused-ring (bicyclic) bond motifs is 1. The minimum atomic E-state index is -0.649. The van der Waals surface area contributed by atoms with Gasteiger partial charge in [0, 0.05) is 11.0 Å². The maximum absolute atomic E-state index is 13.0. The van der Waals surface area contributed by atoms with E-state index in [9.17, 15) is 9.59 Å². The van der Waals surface area contributed by atoms with Crippen molar-refractivity contribution >= 4 is 33.1 Å². The lowest BCUT2D eigenvalue weighted by atomic mass is 9.89. The van der Waals surface area contributed by atoms with E-state index in [0.717, 1.165) is 27.4 Å².